The molecule has 0 saturated carbocycles. The zero-order chi connectivity index (χ0) is 20.6. The highest BCUT2D eigenvalue weighted by Gasteiger charge is 2.35. The smallest absolute Gasteiger partial charge is 0.263 e. The van der Waals surface area contributed by atoms with Gasteiger partial charge in [-0.15, -0.1) is 0 Å². The molecule has 2 aromatic carbocycles. The minimum Gasteiger partial charge on any atom is -0.486 e. The Morgan fingerprint density at radius 2 is 1.83 bits per heavy atom. The molecule has 0 fully saturated rings. The first kappa shape index (κ1) is 19.4. The van der Waals surface area contributed by atoms with E-state index in [1.54, 1.807) is 24.3 Å². The normalized spacial score (nSPS) is 19.0. The van der Waals surface area contributed by atoms with Crippen molar-refractivity contribution < 1.29 is 27.4 Å². The van der Waals surface area contributed by atoms with Gasteiger partial charge in [-0.05, 0) is 36.8 Å². The lowest BCUT2D eigenvalue weighted by Gasteiger charge is -2.34. The number of carbonyl (C=O) groups excluding carboxylic acids is 1. The maximum Gasteiger partial charge on any atom is 0.263 e. The van der Waals surface area contributed by atoms with Crippen molar-refractivity contribution in [2.24, 2.45) is 0 Å². The van der Waals surface area contributed by atoms with Gasteiger partial charge in [0, 0.05) is 0 Å². The fourth-order valence-corrected chi connectivity index (χ4v) is 4.29. The van der Waals surface area contributed by atoms with Crippen LogP contribution in [-0.2, 0) is 14.8 Å². The third-order valence-corrected chi connectivity index (χ3v) is 6.00. The molecule has 0 unspecified atom stereocenters. The number of nitrogens with one attached hydrogen (secondary N) is 1. The van der Waals surface area contributed by atoms with E-state index in [0.717, 1.165) is 11.8 Å². The number of para-hydroxylation sites is 2. The van der Waals surface area contributed by atoms with Crippen LogP contribution in [0.3, 0.4) is 0 Å². The molecule has 9 heteroatoms. The van der Waals surface area contributed by atoms with E-state index >= 15 is 0 Å². The van der Waals surface area contributed by atoms with Crippen LogP contribution in [0.1, 0.15) is 18.5 Å². The molecular weight excluding hydrogens is 396 g/mol. The zero-order valence-corrected chi connectivity index (χ0v) is 16.9. The van der Waals surface area contributed by atoms with Crippen molar-refractivity contribution in [3.63, 3.8) is 0 Å². The van der Waals surface area contributed by atoms with E-state index in [2.05, 4.69) is 5.32 Å². The van der Waals surface area contributed by atoms with Gasteiger partial charge in [-0.2, -0.15) is 0 Å². The Bertz CT molecular complexity index is 1040. The summed E-state index contributed by atoms with van der Waals surface area (Å²) in [6.07, 6.45) is 0.154. The number of anilines is 1. The maximum atomic E-state index is 12.8. The summed E-state index contributed by atoms with van der Waals surface area (Å²) in [7, 11) is -3.55. The monoisotopic (exact) mass is 418 g/mol. The Hall–Kier alpha value is -2.94. The maximum absolute atomic E-state index is 12.8. The molecule has 2 aliphatic rings. The molecule has 0 bridgehead atoms. The molecule has 0 spiro atoms. The van der Waals surface area contributed by atoms with Gasteiger partial charge in [0.1, 0.15) is 19.0 Å². The second-order valence-corrected chi connectivity index (χ2v) is 8.91. The third-order valence-electron chi connectivity index (χ3n) is 4.85. The van der Waals surface area contributed by atoms with Crippen molar-refractivity contribution in [1.82, 2.24) is 5.32 Å². The van der Waals surface area contributed by atoms with Gasteiger partial charge in [0.05, 0.1) is 24.5 Å². The van der Waals surface area contributed by atoms with Gasteiger partial charge in [0.15, 0.2) is 17.6 Å². The number of hydrogen-bond donors (Lipinski definition) is 1. The predicted molar refractivity (Wildman–Crippen MR) is 107 cm³/mol. The number of fused-ring (bicyclic) bond motifs is 2. The number of amides is 1. The summed E-state index contributed by atoms with van der Waals surface area (Å²) < 4.78 is 42.5. The number of ether oxygens (including phenoxy) is 3. The number of sulfonamides is 1. The van der Waals surface area contributed by atoms with Crippen LogP contribution < -0.4 is 23.8 Å². The molecule has 2 aromatic rings. The minimum absolute atomic E-state index is 0.0878. The highest BCUT2D eigenvalue weighted by atomic mass is 32.2. The van der Waals surface area contributed by atoms with E-state index in [4.69, 9.17) is 14.2 Å². The SMILES string of the molecule is C[C@@H](NC(=O)[C@@H]1CN(S(C)(=O)=O)c2ccccc2O1)c1ccc2c(c1)OCCO2. The summed E-state index contributed by atoms with van der Waals surface area (Å²) in [5.41, 5.74) is 1.28. The molecule has 0 radical (unpaired) electrons. The number of nitrogens with zero attached hydrogens (tertiary/aromatic N) is 1. The standard InChI is InChI=1S/C20H22N2O6S/c1-13(14-7-8-17-18(11-14)27-10-9-26-17)21-20(23)19-12-22(29(2,24)25)15-5-3-4-6-16(15)28-19/h3-8,11,13,19H,9-10,12H2,1-2H3,(H,21,23)/t13-,19+/m1/s1. The Balaban J connectivity index is 1.51. The lowest BCUT2D eigenvalue weighted by atomic mass is 10.1. The minimum atomic E-state index is -3.55. The largest absolute Gasteiger partial charge is 0.486 e. The molecule has 2 atom stereocenters. The van der Waals surface area contributed by atoms with E-state index in [-0.39, 0.29) is 12.6 Å². The summed E-state index contributed by atoms with van der Waals surface area (Å²) in [6, 6.07) is 11.9. The fraction of sp³-hybridized carbons (Fsp3) is 0.350. The van der Waals surface area contributed by atoms with Gasteiger partial charge in [0.2, 0.25) is 10.0 Å². The fourth-order valence-electron chi connectivity index (χ4n) is 3.37. The Morgan fingerprint density at radius 3 is 2.59 bits per heavy atom. The van der Waals surface area contributed by atoms with Crippen LogP contribution in [0.4, 0.5) is 5.69 Å². The van der Waals surface area contributed by atoms with Crippen LogP contribution in [-0.4, -0.2) is 46.4 Å². The average molecular weight is 418 g/mol. The molecule has 4 rings (SSSR count). The number of rotatable bonds is 4. The van der Waals surface area contributed by atoms with Crippen LogP contribution >= 0.6 is 0 Å². The molecule has 0 aliphatic carbocycles. The Labute approximate surface area is 169 Å². The van der Waals surface area contributed by atoms with Crippen molar-refractivity contribution in [2.75, 3.05) is 30.3 Å². The molecule has 0 saturated heterocycles. The van der Waals surface area contributed by atoms with Crippen molar-refractivity contribution in [2.45, 2.75) is 19.1 Å². The molecule has 2 heterocycles. The first-order valence-corrected chi connectivity index (χ1v) is 11.1. The molecule has 0 aromatic heterocycles. The number of benzene rings is 2. The van der Waals surface area contributed by atoms with Crippen LogP contribution in [0.15, 0.2) is 42.5 Å². The molecular formula is C20H22N2O6S. The second kappa shape index (κ2) is 7.47. The lowest BCUT2D eigenvalue weighted by molar-refractivity contribution is -0.128. The summed E-state index contributed by atoms with van der Waals surface area (Å²) in [5.74, 6) is 1.28. The van der Waals surface area contributed by atoms with Crippen LogP contribution in [0.2, 0.25) is 0 Å². The highest BCUT2D eigenvalue weighted by molar-refractivity contribution is 7.92. The van der Waals surface area contributed by atoms with Gasteiger partial charge < -0.3 is 19.5 Å². The number of hydrogen-bond acceptors (Lipinski definition) is 6. The lowest BCUT2D eigenvalue weighted by Crippen LogP contribution is -2.50. The average Bonchev–Trinajstić information content (AvgIpc) is 2.71. The first-order valence-electron chi connectivity index (χ1n) is 9.26. The number of carbonyl (C=O) groups is 1. The van der Waals surface area contributed by atoms with Crippen LogP contribution in [0, 0.1) is 0 Å². The summed E-state index contributed by atoms with van der Waals surface area (Å²) in [5, 5.41) is 2.89. The van der Waals surface area contributed by atoms with Crippen molar-refractivity contribution in [1.29, 1.82) is 0 Å². The van der Waals surface area contributed by atoms with Crippen LogP contribution in [0.25, 0.3) is 0 Å². The van der Waals surface area contributed by atoms with E-state index in [0.29, 0.717) is 36.1 Å². The Morgan fingerprint density at radius 1 is 1.10 bits per heavy atom. The van der Waals surface area contributed by atoms with Gasteiger partial charge in [-0.3, -0.25) is 9.10 Å². The molecule has 2 aliphatic heterocycles. The van der Waals surface area contributed by atoms with Crippen molar-refractivity contribution >= 4 is 21.6 Å². The van der Waals surface area contributed by atoms with E-state index in [1.165, 1.54) is 4.31 Å². The predicted octanol–water partition coefficient (Wildman–Crippen LogP) is 1.86. The molecule has 8 nitrogen and oxygen atoms in total. The quantitative estimate of drug-likeness (QED) is 0.815. The summed E-state index contributed by atoms with van der Waals surface area (Å²) >= 11 is 0. The van der Waals surface area contributed by atoms with Crippen molar-refractivity contribution in [3.8, 4) is 17.2 Å². The second-order valence-electron chi connectivity index (χ2n) is 7.00. The summed E-state index contributed by atoms with van der Waals surface area (Å²) in [6.45, 7) is 2.74. The van der Waals surface area contributed by atoms with Gasteiger partial charge in [-0.1, -0.05) is 18.2 Å². The molecule has 1 amide bonds. The van der Waals surface area contributed by atoms with Gasteiger partial charge >= 0.3 is 0 Å². The van der Waals surface area contributed by atoms with Crippen molar-refractivity contribution in [3.05, 3.63) is 48.0 Å². The van der Waals surface area contributed by atoms with E-state index < -0.39 is 22.0 Å². The summed E-state index contributed by atoms with van der Waals surface area (Å²) in [4.78, 5) is 12.8. The zero-order valence-electron chi connectivity index (χ0n) is 16.1. The van der Waals surface area contributed by atoms with E-state index in [9.17, 15) is 13.2 Å². The highest BCUT2D eigenvalue weighted by Crippen LogP contribution is 2.35. The topological polar surface area (TPSA) is 94.2 Å². The third kappa shape index (κ3) is 3.95. The first-order chi connectivity index (χ1) is 13.8. The van der Waals surface area contributed by atoms with Gasteiger partial charge in [-0.25, -0.2) is 8.42 Å². The Kier molecular flexibility index (Phi) is 4.99. The van der Waals surface area contributed by atoms with Gasteiger partial charge in [0.25, 0.3) is 5.91 Å². The molecule has 29 heavy (non-hydrogen) atoms. The van der Waals surface area contributed by atoms with Crippen LogP contribution in [0.5, 0.6) is 17.2 Å². The van der Waals surface area contributed by atoms with E-state index in [1.807, 2.05) is 25.1 Å². The molecule has 154 valence electrons. The molecule has 1 N–H and O–H groups in total.